The minimum Gasteiger partial charge on any atom is -0.384 e. The van der Waals surface area contributed by atoms with E-state index in [1.54, 1.807) is 24.3 Å². The summed E-state index contributed by atoms with van der Waals surface area (Å²) in [5.41, 5.74) is 13.4. The van der Waals surface area contributed by atoms with Crippen molar-refractivity contribution in [2.75, 3.05) is 6.61 Å². The Balaban J connectivity index is 1.73. The molecule has 0 aliphatic rings. The first-order valence-electron chi connectivity index (χ1n) is 11.0. The number of nitrogens with two attached hydrogens (primary N) is 2. The Hall–Kier alpha value is -4.06. The molecule has 3 rings (SSSR count). The van der Waals surface area contributed by atoms with Gasteiger partial charge < -0.3 is 21.5 Å². The number of amides is 1. The zero-order valence-corrected chi connectivity index (χ0v) is 20.2. The monoisotopic (exact) mass is 508 g/mol. The Morgan fingerprint density at radius 3 is 2.17 bits per heavy atom. The van der Waals surface area contributed by atoms with Gasteiger partial charge in [-0.2, -0.15) is 4.72 Å². The molecule has 8 N–H and O–H groups in total. The van der Waals surface area contributed by atoms with Gasteiger partial charge in [-0.3, -0.25) is 15.6 Å². The maximum Gasteiger partial charge on any atom is 0.241 e. The summed E-state index contributed by atoms with van der Waals surface area (Å²) in [6.07, 6.45) is 0. The Morgan fingerprint density at radius 2 is 1.53 bits per heavy atom. The lowest BCUT2D eigenvalue weighted by molar-refractivity contribution is -0.124. The standard InChI is InChI=1S/C25H28N6O4S/c26-23(27)19-11-9-17(10-12-19)14-30-25(32)22(16-35-15-18-5-2-1-3-6-18)31-36(33,34)21-8-4-7-20(13-21)24(28)29/h1-13,22,31H,14-16H2,(H3,26,27)(H3,28,29)(H,30,32)/t22-/m1/s1. The van der Waals surface area contributed by atoms with Gasteiger partial charge in [0, 0.05) is 17.7 Å². The van der Waals surface area contributed by atoms with Crippen molar-refractivity contribution in [3.05, 3.63) is 101 Å². The molecule has 0 saturated carbocycles. The minimum atomic E-state index is -4.13. The lowest BCUT2D eigenvalue weighted by atomic mass is 10.1. The van der Waals surface area contributed by atoms with E-state index in [4.69, 9.17) is 27.0 Å². The number of ether oxygens (including phenoxy) is 1. The van der Waals surface area contributed by atoms with Crippen molar-refractivity contribution >= 4 is 27.6 Å². The van der Waals surface area contributed by atoms with Crippen molar-refractivity contribution in [2.45, 2.75) is 24.1 Å². The van der Waals surface area contributed by atoms with Crippen molar-refractivity contribution in [2.24, 2.45) is 11.5 Å². The average Bonchev–Trinajstić information content (AvgIpc) is 2.87. The molecule has 0 spiro atoms. The molecule has 3 aromatic rings. The van der Waals surface area contributed by atoms with Crippen LogP contribution in [0.4, 0.5) is 0 Å². The summed E-state index contributed by atoms with van der Waals surface area (Å²) in [4.78, 5) is 12.9. The third kappa shape index (κ3) is 7.47. The highest BCUT2D eigenvalue weighted by atomic mass is 32.2. The summed E-state index contributed by atoms with van der Waals surface area (Å²) in [5.74, 6) is -0.919. The van der Waals surface area contributed by atoms with Crippen molar-refractivity contribution in [3.63, 3.8) is 0 Å². The van der Waals surface area contributed by atoms with Crippen molar-refractivity contribution in [1.29, 1.82) is 10.8 Å². The number of carbonyl (C=O) groups excluding carboxylic acids is 1. The van der Waals surface area contributed by atoms with Crippen molar-refractivity contribution < 1.29 is 17.9 Å². The highest BCUT2D eigenvalue weighted by Crippen LogP contribution is 2.13. The fourth-order valence-electron chi connectivity index (χ4n) is 3.23. The molecule has 188 valence electrons. The third-order valence-corrected chi connectivity index (χ3v) is 6.67. The lowest BCUT2D eigenvalue weighted by Crippen LogP contribution is -2.49. The van der Waals surface area contributed by atoms with E-state index in [1.165, 1.54) is 24.3 Å². The number of hydrogen-bond donors (Lipinski definition) is 6. The number of hydrogen-bond acceptors (Lipinski definition) is 6. The van der Waals surface area contributed by atoms with E-state index < -0.39 is 22.0 Å². The molecule has 0 bridgehead atoms. The number of nitrogens with one attached hydrogen (secondary N) is 4. The van der Waals surface area contributed by atoms with Gasteiger partial charge in [-0.15, -0.1) is 0 Å². The number of sulfonamides is 1. The number of amidine groups is 2. The van der Waals surface area contributed by atoms with E-state index in [9.17, 15) is 13.2 Å². The summed E-state index contributed by atoms with van der Waals surface area (Å²) in [6, 6.07) is 20.4. The normalized spacial score (nSPS) is 12.0. The second-order valence-corrected chi connectivity index (χ2v) is 9.66. The molecule has 0 aliphatic heterocycles. The van der Waals surface area contributed by atoms with Gasteiger partial charge in [0.2, 0.25) is 15.9 Å². The van der Waals surface area contributed by atoms with E-state index in [2.05, 4.69) is 10.0 Å². The fraction of sp³-hybridized carbons (Fsp3) is 0.160. The highest BCUT2D eigenvalue weighted by Gasteiger charge is 2.26. The van der Waals surface area contributed by atoms with Gasteiger partial charge in [0.15, 0.2) is 0 Å². The second-order valence-electron chi connectivity index (χ2n) is 7.94. The molecule has 0 saturated heterocycles. The van der Waals surface area contributed by atoms with E-state index in [-0.39, 0.29) is 41.9 Å². The van der Waals surface area contributed by atoms with Crippen LogP contribution in [0.1, 0.15) is 22.3 Å². The van der Waals surface area contributed by atoms with Gasteiger partial charge >= 0.3 is 0 Å². The Bertz CT molecular complexity index is 1330. The summed E-state index contributed by atoms with van der Waals surface area (Å²) in [5, 5.41) is 17.7. The zero-order valence-electron chi connectivity index (χ0n) is 19.4. The van der Waals surface area contributed by atoms with E-state index in [0.717, 1.165) is 11.1 Å². The summed E-state index contributed by atoms with van der Waals surface area (Å²) in [6.45, 7) is 0.113. The van der Waals surface area contributed by atoms with Crippen LogP contribution in [0.3, 0.4) is 0 Å². The molecule has 0 heterocycles. The van der Waals surface area contributed by atoms with Gasteiger partial charge in [-0.25, -0.2) is 8.42 Å². The molecule has 0 aliphatic carbocycles. The Kier molecular flexibility index (Phi) is 8.90. The largest absolute Gasteiger partial charge is 0.384 e. The van der Waals surface area contributed by atoms with Gasteiger partial charge in [0.1, 0.15) is 17.7 Å². The predicted octanol–water partition coefficient (Wildman–Crippen LogP) is 1.43. The molecule has 1 amide bonds. The first-order valence-corrected chi connectivity index (χ1v) is 12.4. The highest BCUT2D eigenvalue weighted by molar-refractivity contribution is 7.89. The van der Waals surface area contributed by atoms with E-state index >= 15 is 0 Å². The molecule has 10 nitrogen and oxygen atoms in total. The maximum absolute atomic E-state index is 13.0. The number of rotatable bonds is 12. The van der Waals surface area contributed by atoms with Gasteiger partial charge in [0.25, 0.3) is 0 Å². The molecule has 36 heavy (non-hydrogen) atoms. The van der Waals surface area contributed by atoms with Crippen LogP contribution in [-0.2, 0) is 32.7 Å². The maximum atomic E-state index is 13.0. The molecule has 3 aromatic carbocycles. The average molecular weight is 509 g/mol. The first-order chi connectivity index (χ1) is 17.2. The van der Waals surface area contributed by atoms with Gasteiger partial charge in [-0.05, 0) is 23.3 Å². The van der Waals surface area contributed by atoms with Gasteiger partial charge in [-0.1, -0.05) is 66.7 Å². The molecule has 11 heteroatoms. The summed E-state index contributed by atoms with van der Waals surface area (Å²) < 4.78 is 34.1. The van der Waals surface area contributed by atoms with Crippen LogP contribution in [0.15, 0.2) is 83.8 Å². The number of carbonyl (C=O) groups is 1. The van der Waals surface area contributed by atoms with Crippen molar-refractivity contribution in [1.82, 2.24) is 10.0 Å². The molecule has 0 aromatic heterocycles. The van der Waals surface area contributed by atoms with Crippen LogP contribution < -0.4 is 21.5 Å². The Morgan fingerprint density at radius 1 is 0.861 bits per heavy atom. The van der Waals surface area contributed by atoms with Gasteiger partial charge in [0.05, 0.1) is 18.1 Å². The summed E-state index contributed by atoms with van der Waals surface area (Å²) in [7, 11) is -4.13. The molecule has 0 unspecified atom stereocenters. The first kappa shape index (κ1) is 26.5. The molecule has 0 fully saturated rings. The smallest absolute Gasteiger partial charge is 0.241 e. The van der Waals surface area contributed by atoms with Crippen LogP contribution >= 0.6 is 0 Å². The van der Waals surface area contributed by atoms with Crippen LogP contribution in [-0.4, -0.2) is 38.6 Å². The molecule has 0 radical (unpaired) electrons. The summed E-state index contributed by atoms with van der Waals surface area (Å²) >= 11 is 0. The third-order valence-electron chi connectivity index (χ3n) is 5.20. The predicted molar refractivity (Wildman–Crippen MR) is 137 cm³/mol. The second kappa shape index (κ2) is 12.1. The van der Waals surface area contributed by atoms with Crippen LogP contribution in [0.25, 0.3) is 0 Å². The topological polar surface area (TPSA) is 184 Å². The van der Waals surface area contributed by atoms with Crippen LogP contribution in [0.2, 0.25) is 0 Å². The quantitative estimate of drug-likeness (QED) is 0.159. The van der Waals surface area contributed by atoms with Crippen LogP contribution in [0, 0.1) is 10.8 Å². The molecular formula is C25H28N6O4S. The minimum absolute atomic E-state index is 0.0653. The lowest BCUT2D eigenvalue weighted by Gasteiger charge is -2.19. The Labute approximate surface area is 209 Å². The van der Waals surface area contributed by atoms with E-state index in [1.807, 2.05) is 30.3 Å². The van der Waals surface area contributed by atoms with Crippen molar-refractivity contribution in [3.8, 4) is 0 Å². The number of benzene rings is 3. The van der Waals surface area contributed by atoms with E-state index in [0.29, 0.717) is 5.56 Å². The fourth-order valence-corrected chi connectivity index (χ4v) is 4.46. The SMILES string of the molecule is N=C(N)c1ccc(CNC(=O)[C@@H](COCc2ccccc2)NS(=O)(=O)c2cccc(C(=N)N)c2)cc1. The van der Waals surface area contributed by atoms with Crippen LogP contribution in [0.5, 0.6) is 0 Å². The number of nitrogen functional groups attached to an aromatic ring is 2. The molecule has 1 atom stereocenters. The zero-order chi connectivity index (χ0) is 26.1. The molecular weight excluding hydrogens is 480 g/mol.